The molecule has 1 aromatic carbocycles. The minimum atomic E-state index is -3.51. The van der Waals surface area contributed by atoms with E-state index in [0.29, 0.717) is 68.7 Å². The molecule has 5 heterocycles. The minimum Gasteiger partial charge on any atom is -0.432 e. The molecule has 16 nitrogen and oxygen atoms in total. The zero-order valence-corrected chi connectivity index (χ0v) is 27.6. The van der Waals surface area contributed by atoms with Crippen LogP contribution in [0.4, 0.5) is 20.4 Å². The van der Waals surface area contributed by atoms with E-state index in [1.54, 1.807) is 30.1 Å². The Morgan fingerprint density at radius 1 is 1.02 bits per heavy atom. The second-order valence-corrected chi connectivity index (χ2v) is 14.4. The highest BCUT2D eigenvalue weighted by Crippen LogP contribution is 2.27. The lowest BCUT2D eigenvalue weighted by atomic mass is 10.1. The first-order chi connectivity index (χ1) is 23.4. The van der Waals surface area contributed by atoms with Crippen LogP contribution in [0.25, 0.3) is 11.0 Å². The molecule has 0 bridgehead atoms. The van der Waals surface area contributed by atoms with Gasteiger partial charge in [0.15, 0.2) is 5.75 Å². The molecule has 1 atom stereocenters. The highest BCUT2D eigenvalue weighted by Gasteiger charge is 2.33. The number of imide groups is 1. The summed E-state index contributed by atoms with van der Waals surface area (Å²) >= 11 is 0. The number of aromatic nitrogens is 4. The van der Waals surface area contributed by atoms with Crippen LogP contribution in [0, 0.1) is 0 Å². The molecule has 0 aliphatic carbocycles. The zero-order valence-electron chi connectivity index (χ0n) is 26.8. The number of hydrogen-bond donors (Lipinski definition) is 2. The molecule has 3 aromatic rings. The highest BCUT2D eigenvalue weighted by atomic mass is 32.2. The van der Waals surface area contributed by atoms with Crippen molar-refractivity contribution in [1.29, 1.82) is 0 Å². The molecule has 1 unspecified atom stereocenters. The molecule has 3 amide bonds. The normalized spacial score (nSPS) is 20.3. The maximum absolute atomic E-state index is 13.2. The highest BCUT2D eigenvalue weighted by molar-refractivity contribution is 7.89. The number of nitrogens with zero attached hydrogens (tertiary/aromatic N) is 7. The Morgan fingerprint density at radius 2 is 1.76 bits per heavy atom. The van der Waals surface area contributed by atoms with E-state index in [1.807, 2.05) is 4.90 Å². The lowest BCUT2D eigenvalue weighted by Gasteiger charge is -2.35. The predicted molar refractivity (Wildman–Crippen MR) is 173 cm³/mol. The van der Waals surface area contributed by atoms with Gasteiger partial charge in [-0.25, -0.2) is 27.5 Å². The molecule has 3 fully saturated rings. The molecule has 3 aliphatic heterocycles. The number of piperazine rings is 1. The lowest BCUT2D eigenvalue weighted by Crippen LogP contribution is -2.51. The number of amides is 3. The van der Waals surface area contributed by atoms with Crippen LogP contribution in [0.15, 0.2) is 35.4 Å². The van der Waals surface area contributed by atoms with E-state index in [2.05, 4.69) is 25.3 Å². The summed E-state index contributed by atoms with van der Waals surface area (Å²) < 4.78 is 59.3. The van der Waals surface area contributed by atoms with Crippen LogP contribution in [0.5, 0.6) is 5.75 Å². The van der Waals surface area contributed by atoms with Crippen LogP contribution in [0.1, 0.15) is 38.1 Å². The standard InChI is InChI=1S/C30H37F2N9O7S/c1-37-24-15-20(3-4-22(24)41(30(37)45)23-5-6-25(42)36-27(23)44)40-13-12-38(18-26(40)43)9-2-14-49(46,47)39-10-7-19(8-11-39)35-29-33-16-21(17-34-29)48-28(31)32/h3-4,15-17,19,23,28H,2,5-14,18H2,1H3,(H,33,34,35)(H,36,42,44). The third kappa shape index (κ3) is 7.57. The van der Waals surface area contributed by atoms with Gasteiger partial charge in [0, 0.05) is 51.4 Å². The van der Waals surface area contributed by atoms with Crippen LogP contribution in [-0.2, 0) is 31.5 Å². The van der Waals surface area contributed by atoms with Crippen molar-refractivity contribution < 1.29 is 36.3 Å². The van der Waals surface area contributed by atoms with Gasteiger partial charge in [0.25, 0.3) is 0 Å². The summed E-state index contributed by atoms with van der Waals surface area (Å²) in [5.41, 5.74) is 1.30. The van der Waals surface area contributed by atoms with E-state index < -0.39 is 34.3 Å². The second-order valence-electron chi connectivity index (χ2n) is 12.3. The van der Waals surface area contributed by atoms with E-state index in [9.17, 15) is 36.4 Å². The Bertz CT molecular complexity index is 1890. The summed E-state index contributed by atoms with van der Waals surface area (Å²) in [4.78, 5) is 61.9. The fraction of sp³-hybridized carbons (Fsp3) is 0.533. The van der Waals surface area contributed by atoms with Crippen LogP contribution in [0.3, 0.4) is 0 Å². The van der Waals surface area contributed by atoms with Gasteiger partial charge in [-0.2, -0.15) is 8.78 Å². The number of fused-ring (bicyclic) bond motifs is 1. The lowest BCUT2D eigenvalue weighted by molar-refractivity contribution is -0.135. The number of nitrogens with one attached hydrogen (secondary N) is 2. The van der Waals surface area contributed by atoms with E-state index in [1.165, 1.54) is 13.4 Å². The Morgan fingerprint density at radius 3 is 2.43 bits per heavy atom. The number of halogens is 2. The van der Waals surface area contributed by atoms with Gasteiger partial charge in [0.2, 0.25) is 33.7 Å². The van der Waals surface area contributed by atoms with Gasteiger partial charge in [-0.3, -0.25) is 33.7 Å². The fourth-order valence-electron chi connectivity index (χ4n) is 6.55. The molecule has 6 rings (SSSR count). The molecular formula is C30H37F2N9O7S. The van der Waals surface area contributed by atoms with Crippen molar-refractivity contribution in [3.8, 4) is 5.75 Å². The minimum absolute atomic E-state index is 0.0525. The first-order valence-electron chi connectivity index (χ1n) is 16.0. The van der Waals surface area contributed by atoms with Crippen molar-refractivity contribution in [3.63, 3.8) is 0 Å². The number of rotatable bonds is 11. The molecule has 49 heavy (non-hydrogen) atoms. The number of imidazole rings is 1. The topological polar surface area (TPSA) is 181 Å². The molecule has 0 saturated carbocycles. The number of carbonyl (C=O) groups is 3. The van der Waals surface area contributed by atoms with E-state index in [4.69, 9.17) is 0 Å². The number of benzene rings is 1. The summed E-state index contributed by atoms with van der Waals surface area (Å²) in [6, 6.07) is 4.30. The van der Waals surface area contributed by atoms with Crippen LogP contribution in [0.2, 0.25) is 0 Å². The average molecular weight is 706 g/mol. The Kier molecular flexibility index (Phi) is 9.94. The number of alkyl halides is 2. The van der Waals surface area contributed by atoms with E-state index in [0.717, 1.165) is 12.4 Å². The second kappa shape index (κ2) is 14.2. The number of anilines is 2. The van der Waals surface area contributed by atoms with Gasteiger partial charge in [0.05, 0.1) is 35.7 Å². The number of ether oxygens (including phenoxy) is 1. The number of hydrogen-bond acceptors (Lipinski definition) is 11. The first kappa shape index (κ1) is 34.4. The fourth-order valence-corrected chi connectivity index (χ4v) is 8.07. The number of aryl methyl sites for hydroxylation is 1. The van der Waals surface area contributed by atoms with Crippen molar-refractivity contribution in [2.24, 2.45) is 7.05 Å². The summed E-state index contributed by atoms with van der Waals surface area (Å²) in [5, 5.41) is 5.39. The zero-order chi connectivity index (χ0) is 34.9. The van der Waals surface area contributed by atoms with Gasteiger partial charge in [-0.1, -0.05) is 0 Å². The van der Waals surface area contributed by atoms with Gasteiger partial charge in [0.1, 0.15) is 6.04 Å². The van der Waals surface area contributed by atoms with Crippen molar-refractivity contribution in [1.82, 2.24) is 33.6 Å². The number of piperidine rings is 2. The third-order valence-electron chi connectivity index (χ3n) is 9.12. The van der Waals surface area contributed by atoms with Gasteiger partial charge in [-0.15, -0.1) is 0 Å². The molecule has 0 radical (unpaired) electrons. The van der Waals surface area contributed by atoms with Gasteiger partial charge < -0.3 is 15.0 Å². The Hall–Kier alpha value is -4.49. The first-order valence-corrected chi connectivity index (χ1v) is 17.6. The van der Waals surface area contributed by atoms with Crippen molar-refractivity contribution in [2.45, 2.75) is 50.8 Å². The SMILES string of the molecule is Cn1c(=O)n(C2CCC(=O)NC2=O)c2ccc(N3CCN(CCCS(=O)(=O)N4CCC(Nc5ncc(OC(F)F)cn5)CC4)CC3=O)cc21. The molecule has 3 aliphatic rings. The molecular weight excluding hydrogens is 668 g/mol. The van der Waals surface area contributed by atoms with Gasteiger partial charge in [-0.05, 0) is 50.4 Å². The monoisotopic (exact) mass is 705 g/mol. The third-order valence-corrected chi connectivity index (χ3v) is 11.1. The van der Waals surface area contributed by atoms with Crippen molar-refractivity contribution in [2.75, 3.05) is 55.2 Å². The summed E-state index contributed by atoms with van der Waals surface area (Å²) in [7, 11) is -1.92. The van der Waals surface area contributed by atoms with Crippen LogP contribution >= 0.6 is 0 Å². The average Bonchev–Trinajstić information content (AvgIpc) is 3.30. The maximum atomic E-state index is 13.2. The Labute approximate surface area is 280 Å². The summed E-state index contributed by atoms with van der Waals surface area (Å²) in [6.45, 7) is -0.874. The van der Waals surface area contributed by atoms with Gasteiger partial charge >= 0.3 is 12.3 Å². The molecule has 3 saturated heterocycles. The van der Waals surface area contributed by atoms with Crippen molar-refractivity contribution in [3.05, 3.63) is 41.1 Å². The van der Waals surface area contributed by atoms with Crippen LogP contribution in [-0.4, -0.2) is 112 Å². The predicted octanol–water partition coefficient (Wildman–Crippen LogP) is 0.654. The smallest absolute Gasteiger partial charge is 0.387 e. The molecule has 2 N–H and O–H groups in total. The molecule has 19 heteroatoms. The summed E-state index contributed by atoms with van der Waals surface area (Å²) in [5.74, 6) is -1.00. The van der Waals surface area contributed by atoms with Crippen LogP contribution < -0.4 is 26.0 Å². The number of sulfonamides is 1. The quantitative estimate of drug-likeness (QED) is 0.268. The van der Waals surface area contributed by atoms with E-state index >= 15 is 0 Å². The maximum Gasteiger partial charge on any atom is 0.387 e. The van der Waals surface area contributed by atoms with E-state index in [-0.39, 0.29) is 54.7 Å². The summed E-state index contributed by atoms with van der Waals surface area (Å²) in [6.07, 6.45) is 4.05. The largest absolute Gasteiger partial charge is 0.432 e. The Balaban J connectivity index is 0.978. The molecule has 264 valence electrons. The molecule has 2 aromatic heterocycles. The molecule has 0 spiro atoms. The van der Waals surface area contributed by atoms with Crippen molar-refractivity contribution >= 4 is 50.4 Å². The number of carbonyl (C=O) groups excluding carboxylic acids is 3.